The number of thioether (sulfide) groups is 1. The molecule has 0 aliphatic rings. The minimum Gasteiger partial charge on any atom is -0.309 e. The van der Waals surface area contributed by atoms with Gasteiger partial charge in [-0.15, -0.1) is 17.9 Å². The lowest BCUT2D eigenvalue weighted by Crippen LogP contribution is -2.24. The largest absolute Gasteiger partial charge is 0.309 e. The fourth-order valence-corrected chi connectivity index (χ4v) is 6.45. The minimum atomic E-state index is -0.336. The number of benzene rings is 1. The molecule has 34 heavy (non-hydrogen) atoms. The summed E-state index contributed by atoms with van der Waals surface area (Å²) in [6.07, 6.45) is 1.63. The van der Waals surface area contributed by atoms with Crippen LogP contribution in [-0.2, 0) is 11.3 Å². The van der Waals surface area contributed by atoms with Gasteiger partial charge in [0, 0.05) is 17.1 Å². The van der Waals surface area contributed by atoms with Crippen LogP contribution in [0.4, 0.5) is 5.82 Å². The summed E-state index contributed by atoms with van der Waals surface area (Å²) in [6.45, 7) is 7.91. The smallest absolute Gasteiger partial charge is 0.263 e. The molecule has 4 aromatic rings. The number of aromatic nitrogens is 3. The lowest BCUT2D eigenvalue weighted by atomic mass is 10.2. The van der Waals surface area contributed by atoms with Crippen LogP contribution in [0.3, 0.4) is 0 Å². The van der Waals surface area contributed by atoms with Gasteiger partial charge in [-0.25, -0.2) is 4.98 Å². The van der Waals surface area contributed by atoms with Gasteiger partial charge in [0.25, 0.3) is 5.56 Å². The Morgan fingerprint density at radius 2 is 2.06 bits per heavy atom. The maximum absolute atomic E-state index is 13.1. The predicted octanol–water partition coefficient (Wildman–Crippen LogP) is 5.45. The number of rotatable bonds is 7. The second-order valence-corrected chi connectivity index (χ2v) is 11.0. The number of nitrogens with one attached hydrogen (secondary N) is 1. The van der Waals surface area contributed by atoms with Crippen molar-refractivity contribution in [2.75, 3.05) is 11.1 Å². The Bertz CT molecular complexity index is 1570. The van der Waals surface area contributed by atoms with Gasteiger partial charge in [0.05, 0.1) is 11.1 Å². The molecular formula is C23H19N5O2S4. The number of hydrogen-bond donors (Lipinski definition) is 1. The molecule has 3 aromatic heterocycles. The standard InChI is InChI=1S/C23H19N5O2S4/c1-4-10-27-21(30)18-13(2)14(3)33-20(18)26-22(27)32-12-17(29)25-19-16(11-24)34-23(31)28(19)15-8-6-5-7-9-15/h4-9H,1,10,12H2,2-3H3,(H,25,29). The van der Waals surface area contributed by atoms with Crippen LogP contribution in [-0.4, -0.2) is 25.8 Å². The van der Waals surface area contributed by atoms with E-state index in [1.54, 1.807) is 10.6 Å². The van der Waals surface area contributed by atoms with E-state index >= 15 is 0 Å². The van der Waals surface area contributed by atoms with E-state index in [4.69, 9.17) is 12.2 Å². The topological polar surface area (TPSA) is 92.7 Å². The summed E-state index contributed by atoms with van der Waals surface area (Å²) >= 11 is 9.20. The van der Waals surface area contributed by atoms with Crippen molar-refractivity contribution in [1.82, 2.24) is 14.1 Å². The highest BCUT2D eigenvalue weighted by Gasteiger charge is 2.19. The number of allylic oxidation sites excluding steroid dienone is 1. The summed E-state index contributed by atoms with van der Waals surface area (Å²) in [4.78, 5) is 32.7. The number of thiazole rings is 1. The molecule has 1 amide bonds. The van der Waals surface area contributed by atoms with Crippen molar-refractivity contribution < 1.29 is 4.79 Å². The highest BCUT2D eigenvalue weighted by atomic mass is 32.2. The summed E-state index contributed by atoms with van der Waals surface area (Å²) in [6, 6.07) is 11.4. The predicted molar refractivity (Wildman–Crippen MR) is 142 cm³/mol. The van der Waals surface area contributed by atoms with E-state index in [1.807, 2.05) is 44.2 Å². The van der Waals surface area contributed by atoms with Gasteiger partial charge in [-0.1, -0.05) is 47.4 Å². The van der Waals surface area contributed by atoms with Crippen LogP contribution in [0.15, 0.2) is 52.9 Å². The van der Waals surface area contributed by atoms with Crippen LogP contribution in [0.25, 0.3) is 15.9 Å². The number of nitriles is 1. The Balaban J connectivity index is 1.63. The molecule has 0 saturated heterocycles. The molecule has 1 aromatic carbocycles. The van der Waals surface area contributed by atoms with Crippen LogP contribution in [0.2, 0.25) is 0 Å². The first-order valence-electron chi connectivity index (χ1n) is 10.1. The third kappa shape index (κ3) is 4.50. The zero-order valence-corrected chi connectivity index (χ0v) is 21.6. The van der Waals surface area contributed by atoms with Crippen LogP contribution >= 0.6 is 46.7 Å². The second-order valence-electron chi connectivity index (χ2n) is 7.23. The van der Waals surface area contributed by atoms with Crippen LogP contribution in [0.1, 0.15) is 15.3 Å². The van der Waals surface area contributed by atoms with Gasteiger partial charge in [0.2, 0.25) is 5.91 Å². The molecule has 0 saturated carbocycles. The highest BCUT2D eigenvalue weighted by Crippen LogP contribution is 2.30. The van der Waals surface area contributed by atoms with E-state index in [0.29, 0.717) is 30.0 Å². The fourth-order valence-electron chi connectivity index (χ4n) is 3.38. The molecular weight excluding hydrogens is 507 g/mol. The van der Waals surface area contributed by atoms with Crippen molar-refractivity contribution in [2.24, 2.45) is 0 Å². The lowest BCUT2D eigenvalue weighted by Gasteiger charge is -2.12. The number of thiophene rings is 1. The van der Waals surface area contributed by atoms with Gasteiger partial charge in [0.15, 0.2) is 9.11 Å². The van der Waals surface area contributed by atoms with Crippen molar-refractivity contribution in [3.63, 3.8) is 0 Å². The summed E-state index contributed by atoms with van der Waals surface area (Å²) < 4.78 is 3.67. The molecule has 0 aliphatic carbocycles. The van der Waals surface area contributed by atoms with E-state index in [0.717, 1.165) is 39.2 Å². The maximum Gasteiger partial charge on any atom is 0.263 e. The number of aryl methyl sites for hydroxylation is 2. The molecule has 0 fully saturated rings. The van der Waals surface area contributed by atoms with Crippen molar-refractivity contribution in [2.45, 2.75) is 25.5 Å². The molecule has 0 radical (unpaired) electrons. The van der Waals surface area contributed by atoms with Crippen LogP contribution in [0, 0.1) is 29.1 Å². The fraction of sp³-hybridized carbons (Fsp3) is 0.174. The molecule has 11 heteroatoms. The number of carbonyl (C=O) groups is 1. The Labute approximate surface area is 213 Å². The molecule has 0 spiro atoms. The zero-order valence-electron chi connectivity index (χ0n) is 18.3. The zero-order chi connectivity index (χ0) is 24.4. The third-order valence-electron chi connectivity index (χ3n) is 5.08. The molecule has 1 N–H and O–H groups in total. The van der Waals surface area contributed by atoms with Crippen molar-refractivity contribution in [3.05, 3.63) is 72.6 Å². The molecule has 7 nitrogen and oxygen atoms in total. The van der Waals surface area contributed by atoms with Gasteiger partial charge in [0.1, 0.15) is 21.6 Å². The average molecular weight is 526 g/mol. The second kappa shape index (κ2) is 10.1. The SMILES string of the molecule is C=CCn1c(SCC(=O)Nc2c(C#N)sc(=S)n2-c2ccccc2)nc2sc(C)c(C)c2c1=O. The number of amides is 1. The number of nitrogens with zero attached hydrogens (tertiary/aromatic N) is 4. The molecule has 0 bridgehead atoms. The Hall–Kier alpha value is -3.04. The number of para-hydroxylation sites is 1. The summed E-state index contributed by atoms with van der Waals surface area (Å²) in [5, 5.41) is 13.4. The number of carbonyl (C=O) groups excluding carboxylic acids is 1. The normalized spacial score (nSPS) is 10.9. The molecule has 0 unspecified atom stereocenters. The monoisotopic (exact) mass is 525 g/mol. The van der Waals surface area contributed by atoms with E-state index in [2.05, 4.69) is 22.9 Å². The van der Waals surface area contributed by atoms with Crippen molar-refractivity contribution >= 4 is 68.6 Å². The first-order chi connectivity index (χ1) is 16.3. The molecule has 0 aliphatic heterocycles. The summed E-state index contributed by atoms with van der Waals surface area (Å²) in [5.74, 6) is 0.00321. The summed E-state index contributed by atoms with van der Waals surface area (Å²) in [7, 11) is 0. The number of anilines is 1. The Morgan fingerprint density at radius 1 is 1.32 bits per heavy atom. The van der Waals surface area contributed by atoms with Crippen LogP contribution in [0.5, 0.6) is 0 Å². The third-order valence-corrected chi connectivity index (χ3v) is 8.44. The van der Waals surface area contributed by atoms with Gasteiger partial charge in [-0.05, 0) is 43.8 Å². The molecule has 3 heterocycles. The van der Waals surface area contributed by atoms with E-state index in [9.17, 15) is 14.9 Å². The summed E-state index contributed by atoms with van der Waals surface area (Å²) in [5.41, 5.74) is 1.54. The van der Waals surface area contributed by atoms with Crippen molar-refractivity contribution in [1.29, 1.82) is 5.26 Å². The van der Waals surface area contributed by atoms with Gasteiger partial charge in [-0.2, -0.15) is 5.26 Å². The minimum absolute atomic E-state index is 0.000690. The molecule has 4 rings (SSSR count). The van der Waals surface area contributed by atoms with Crippen LogP contribution < -0.4 is 10.9 Å². The van der Waals surface area contributed by atoms with E-state index in [1.165, 1.54) is 15.9 Å². The van der Waals surface area contributed by atoms with Gasteiger partial charge < -0.3 is 5.32 Å². The Morgan fingerprint density at radius 3 is 2.74 bits per heavy atom. The Kier molecular flexibility index (Phi) is 7.13. The van der Waals surface area contributed by atoms with E-state index < -0.39 is 0 Å². The first-order valence-corrected chi connectivity index (χ1v) is 13.1. The van der Waals surface area contributed by atoms with Gasteiger partial charge >= 0.3 is 0 Å². The highest BCUT2D eigenvalue weighted by molar-refractivity contribution is 7.99. The maximum atomic E-state index is 13.1. The molecule has 172 valence electrons. The first kappa shape index (κ1) is 24.1. The molecule has 0 atom stereocenters. The quantitative estimate of drug-likeness (QED) is 0.149. The van der Waals surface area contributed by atoms with E-state index in [-0.39, 0.29) is 23.8 Å². The lowest BCUT2D eigenvalue weighted by molar-refractivity contribution is -0.113. The number of fused-ring (bicyclic) bond motifs is 1. The van der Waals surface area contributed by atoms with Crippen molar-refractivity contribution in [3.8, 4) is 11.8 Å². The average Bonchev–Trinajstić information content (AvgIpc) is 3.29. The van der Waals surface area contributed by atoms with Gasteiger partial charge in [-0.3, -0.25) is 18.7 Å². The number of hydrogen-bond acceptors (Lipinski definition) is 8.